The summed E-state index contributed by atoms with van der Waals surface area (Å²) in [6, 6.07) is 1.30. The second kappa shape index (κ2) is 7.53. The summed E-state index contributed by atoms with van der Waals surface area (Å²) >= 11 is 5.96. The van der Waals surface area contributed by atoms with Crippen molar-refractivity contribution in [2.45, 2.75) is 12.8 Å². The predicted octanol–water partition coefficient (Wildman–Crippen LogP) is 1.76. The van der Waals surface area contributed by atoms with E-state index in [1.807, 2.05) is 0 Å². The fraction of sp³-hybridized carbons (Fsp3) is 0.615. The van der Waals surface area contributed by atoms with Crippen LogP contribution in [0.1, 0.15) is 12.8 Å². The standard InChI is InChI=1S/C13H19ClN4O3/c14-12-7-11(18(20)21)8-16-13(12)15-3-6-17-4-1-10(9-19)2-5-17/h7-8,10,19H,1-6,9H2,(H,15,16). The topological polar surface area (TPSA) is 91.5 Å². The number of halogens is 1. The van der Waals surface area contributed by atoms with E-state index in [2.05, 4.69) is 15.2 Å². The van der Waals surface area contributed by atoms with Gasteiger partial charge in [-0.3, -0.25) is 10.1 Å². The molecule has 1 aliphatic heterocycles. The fourth-order valence-corrected chi connectivity index (χ4v) is 2.61. The number of anilines is 1. The minimum atomic E-state index is -0.520. The van der Waals surface area contributed by atoms with Crippen molar-refractivity contribution < 1.29 is 10.0 Å². The number of rotatable bonds is 6. The van der Waals surface area contributed by atoms with Crippen LogP contribution in [0.4, 0.5) is 11.5 Å². The summed E-state index contributed by atoms with van der Waals surface area (Å²) in [6.07, 6.45) is 3.24. The van der Waals surface area contributed by atoms with E-state index in [-0.39, 0.29) is 17.3 Å². The summed E-state index contributed by atoms with van der Waals surface area (Å²) in [5, 5.41) is 23.0. The number of hydrogen-bond donors (Lipinski definition) is 2. The zero-order valence-corrected chi connectivity index (χ0v) is 12.4. The Balaban J connectivity index is 1.77. The minimum absolute atomic E-state index is 0.114. The van der Waals surface area contributed by atoms with Gasteiger partial charge in [-0.1, -0.05) is 11.6 Å². The molecule has 0 amide bonds. The average Bonchev–Trinajstić information content (AvgIpc) is 2.49. The number of nitrogens with zero attached hydrogens (tertiary/aromatic N) is 3. The molecule has 0 radical (unpaired) electrons. The Morgan fingerprint density at radius 1 is 1.52 bits per heavy atom. The SMILES string of the molecule is O=[N+]([O-])c1cnc(NCCN2CCC(CO)CC2)c(Cl)c1. The summed E-state index contributed by atoms with van der Waals surface area (Å²) in [4.78, 5) is 16.4. The van der Waals surface area contributed by atoms with Crippen molar-refractivity contribution in [3.8, 4) is 0 Å². The number of aliphatic hydroxyl groups excluding tert-OH is 1. The number of likely N-dealkylation sites (tertiary alicyclic amines) is 1. The number of aliphatic hydroxyl groups is 1. The Labute approximate surface area is 128 Å². The van der Waals surface area contributed by atoms with Gasteiger partial charge in [-0.2, -0.15) is 0 Å². The Morgan fingerprint density at radius 3 is 2.81 bits per heavy atom. The lowest BCUT2D eigenvalue weighted by Crippen LogP contribution is -2.37. The van der Waals surface area contributed by atoms with Gasteiger partial charge in [0.2, 0.25) is 0 Å². The zero-order chi connectivity index (χ0) is 15.2. The van der Waals surface area contributed by atoms with Gasteiger partial charge in [0.25, 0.3) is 5.69 Å². The maximum atomic E-state index is 10.6. The molecule has 0 atom stereocenters. The van der Waals surface area contributed by atoms with E-state index < -0.39 is 4.92 Å². The number of pyridine rings is 1. The molecule has 2 heterocycles. The van der Waals surface area contributed by atoms with Gasteiger partial charge in [-0.15, -0.1) is 0 Å². The molecule has 1 aromatic rings. The molecule has 0 aromatic carbocycles. The molecule has 21 heavy (non-hydrogen) atoms. The number of nitro groups is 1. The highest BCUT2D eigenvalue weighted by Crippen LogP contribution is 2.23. The number of hydrogen-bond acceptors (Lipinski definition) is 6. The molecule has 0 spiro atoms. The van der Waals surface area contributed by atoms with Gasteiger partial charge in [0.1, 0.15) is 12.0 Å². The molecule has 1 aromatic heterocycles. The van der Waals surface area contributed by atoms with Gasteiger partial charge >= 0.3 is 0 Å². The second-order valence-corrected chi connectivity index (χ2v) is 5.58. The first-order valence-electron chi connectivity index (χ1n) is 6.97. The Morgan fingerprint density at radius 2 is 2.24 bits per heavy atom. The molecule has 0 saturated carbocycles. The van der Waals surface area contributed by atoms with Crippen LogP contribution in [0.5, 0.6) is 0 Å². The first-order chi connectivity index (χ1) is 10.1. The third-order valence-corrected chi connectivity index (χ3v) is 4.01. The van der Waals surface area contributed by atoms with Gasteiger partial charge in [0.05, 0.1) is 9.95 Å². The third kappa shape index (κ3) is 4.52. The van der Waals surface area contributed by atoms with Crippen molar-refractivity contribution in [2.75, 3.05) is 38.1 Å². The van der Waals surface area contributed by atoms with Crippen LogP contribution in [0.2, 0.25) is 5.02 Å². The molecule has 8 heteroatoms. The molecule has 1 saturated heterocycles. The van der Waals surface area contributed by atoms with Crippen molar-refractivity contribution in [3.63, 3.8) is 0 Å². The number of aromatic nitrogens is 1. The lowest BCUT2D eigenvalue weighted by Gasteiger charge is -2.31. The van der Waals surface area contributed by atoms with E-state index >= 15 is 0 Å². The van der Waals surface area contributed by atoms with Crippen LogP contribution in [-0.2, 0) is 0 Å². The van der Waals surface area contributed by atoms with Crippen molar-refractivity contribution in [1.82, 2.24) is 9.88 Å². The first-order valence-corrected chi connectivity index (χ1v) is 7.35. The van der Waals surface area contributed by atoms with Crippen LogP contribution in [0, 0.1) is 16.0 Å². The Hall–Kier alpha value is -1.44. The van der Waals surface area contributed by atoms with E-state index in [9.17, 15) is 10.1 Å². The highest BCUT2D eigenvalue weighted by atomic mass is 35.5. The summed E-state index contributed by atoms with van der Waals surface area (Å²) in [6.45, 7) is 3.76. The van der Waals surface area contributed by atoms with Gasteiger partial charge in [0.15, 0.2) is 0 Å². The van der Waals surface area contributed by atoms with Crippen molar-refractivity contribution in [2.24, 2.45) is 5.92 Å². The lowest BCUT2D eigenvalue weighted by atomic mass is 9.98. The maximum Gasteiger partial charge on any atom is 0.289 e. The third-order valence-electron chi connectivity index (χ3n) is 3.72. The average molecular weight is 315 g/mol. The summed E-state index contributed by atoms with van der Waals surface area (Å²) in [7, 11) is 0. The highest BCUT2D eigenvalue weighted by molar-refractivity contribution is 6.33. The van der Waals surface area contributed by atoms with Crippen LogP contribution in [-0.4, -0.2) is 52.7 Å². The first kappa shape index (κ1) is 15.9. The zero-order valence-electron chi connectivity index (χ0n) is 11.7. The predicted molar refractivity (Wildman–Crippen MR) is 80.6 cm³/mol. The largest absolute Gasteiger partial charge is 0.396 e. The summed E-state index contributed by atoms with van der Waals surface area (Å²) < 4.78 is 0. The van der Waals surface area contributed by atoms with Crippen molar-refractivity contribution in [1.29, 1.82) is 0 Å². The molecule has 0 unspecified atom stereocenters. The Kier molecular flexibility index (Phi) is 5.72. The van der Waals surface area contributed by atoms with E-state index in [1.54, 1.807) is 0 Å². The van der Waals surface area contributed by atoms with Gasteiger partial charge in [0, 0.05) is 25.8 Å². The van der Waals surface area contributed by atoms with Gasteiger partial charge in [-0.25, -0.2) is 4.98 Å². The molecule has 2 rings (SSSR count). The molecule has 2 N–H and O–H groups in total. The molecule has 7 nitrogen and oxygen atoms in total. The minimum Gasteiger partial charge on any atom is -0.396 e. The van der Waals surface area contributed by atoms with Crippen molar-refractivity contribution in [3.05, 3.63) is 27.4 Å². The number of piperidine rings is 1. The molecular formula is C13H19ClN4O3. The Bertz CT molecular complexity index is 492. The quantitative estimate of drug-likeness (QED) is 0.614. The van der Waals surface area contributed by atoms with Crippen molar-refractivity contribution >= 4 is 23.1 Å². The number of nitrogens with one attached hydrogen (secondary N) is 1. The molecule has 1 aliphatic rings. The fourth-order valence-electron chi connectivity index (χ4n) is 2.38. The van der Waals surface area contributed by atoms with E-state index in [1.165, 1.54) is 12.3 Å². The molecule has 116 valence electrons. The van der Waals surface area contributed by atoms with E-state index in [0.717, 1.165) is 32.5 Å². The monoisotopic (exact) mass is 314 g/mol. The second-order valence-electron chi connectivity index (χ2n) is 5.18. The smallest absolute Gasteiger partial charge is 0.289 e. The van der Waals surface area contributed by atoms with E-state index in [0.29, 0.717) is 18.3 Å². The molecule has 0 bridgehead atoms. The normalized spacial score (nSPS) is 16.9. The molecule has 0 aliphatic carbocycles. The molecular weight excluding hydrogens is 296 g/mol. The van der Waals surface area contributed by atoms with Gasteiger partial charge in [-0.05, 0) is 31.8 Å². The maximum absolute atomic E-state index is 10.6. The highest BCUT2D eigenvalue weighted by Gasteiger charge is 2.18. The lowest BCUT2D eigenvalue weighted by molar-refractivity contribution is -0.385. The molecule has 1 fully saturated rings. The van der Waals surface area contributed by atoms with Crippen LogP contribution < -0.4 is 5.32 Å². The van der Waals surface area contributed by atoms with Crippen LogP contribution >= 0.6 is 11.6 Å². The van der Waals surface area contributed by atoms with E-state index in [4.69, 9.17) is 16.7 Å². The summed E-state index contributed by atoms with van der Waals surface area (Å²) in [5.74, 6) is 0.896. The van der Waals surface area contributed by atoms with Crippen LogP contribution in [0.3, 0.4) is 0 Å². The van der Waals surface area contributed by atoms with Crippen LogP contribution in [0.15, 0.2) is 12.3 Å². The summed E-state index contributed by atoms with van der Waals surface area (Å²) in [5.41, 5.74) is -0.114. The van der Waals surface area contributed by atoms with Crippen LogP contribution in [0.25, 0.3) is 0 Å². The van der Waals surface area contributed by atoms with Gasteiger partial charge < -0.3 is 15.3 Å².